The van der Waals surface area contributed by atoms with Gasteiger partial charge in [0.25, 0.3) is 0 Å². The van der Waals surface area contributed by atoms with E-state index in [1.54, 1.807) is 12.1 Å². The molecule has 0 aliphatic heterocycles. The largest absolute Gasteiger partial charge is 0.457 e. The summed E-state index contributed by atoms with van der Waals surface area (Å²) in [6.07, 6.45) is 2.44. The van der Waals surface area contributed by atoms with Gasteiger partial charge in [0.15, 0.2) is 0 Å². The van der Waals surface area contributed by atoms with Gasteiger partial charge in [-0.05, 0) is 73.0 Å². The van der Waals surface area contributed by atoms with Crippen LogP contribution in [0.15, 0.2) is 88.9 Å². The van der Waals surface area contributed by atoms with Crippen molar-refractivity contribution in [3.05, 3.63) is 100 Å². The van der Waals surface area contributed by atoms with Crippen molar-refractivity contribution in [3.63, 3.8) is 0 Å². The highest BCUT2D eigenvalue weighted by Crippen LogP contribution is 2.24. The first-order valence-electron chi connectivity index (χ1n) is 9.53. The number of benzene rings is 3. The average Bonchev–Trinajstić information content (AvgIpc) is 2.73. The third-order valence-electron chi connectivity index (χ3n) is 4.44. The lowest BCUT2D eigenvalue weighted by atomic mass is 10.1. The van der Waals surface area contributed by atoms with Gasteiger partial charge in [-0.2, -0.15) is 0 Å². The van der Waals surface area contributed by atoms with Gasteiger partial charge in [0.1, 0.15) is 17.6 Å². The minimum Gasteiger partial charge on any atom is -0.457 e. The van der Waals surface area contributed by atoms with E-state index >= 15 is 0 Å². The number of carbonyl (C=O) groups is 1. The van der Waals surface area contributed by atoms with Crippen molar-refractivity contribution in [2.24, 2.45) is 0 Å². The maximum atomic E-state index is 12.5. The van der Waals surface area contributed by atoms with E-state index in [9.17, 15) is 4.79 Å². The van der Waals surface area contributed by atoms with E-state index in [1.165, 1.54) is 0 Å². The molecule has 0 heterocycles. The zero-order chi connectivity index (χ0) is 20.6. The van der Waals surface area contributed by atoms with Crippen LogP contribution in [-0.4, -0.2) is 12.1 Å². The van der Waals surface area contributed by atoms with Crippen molar-refractivity contribution in [2.75, 3.05) is 0 Å². The first-order chi connectivity index (χ1) is 14.0. The van der Waals surface area contributed by atoms with Crippen molar-refractivity contribution < 1.29 is 14.3 Å². The molecule has 3 aromatic carbocycles. The summed E-state index contributed by atoms with van der Waals surface area (Å²) in [7, 11) is 0. The summed E-state index contributed by atoms with van der Waals surface area (Å²) in [5, 5.41) is 0. The first kappa shape index (κ1) is 20.9. The van der Waals surface area contributed by atoms with E-state index in [-0.39, 0.29) is 12.1 Å². The van der Waals surface area contributed by atoms with Crippen LogP contribution in [0.25, 0.3) is 6.08 Å². The lowest BCUT2D eigenvalue weighted by molar-refractivity contribution is 0.0369. The van der Waals surface area contributed by atoms with Gasteiger partial charge in [0.05, 0.1) is 5.56 Å². The molecule has 0 aliphatic carbocycles. The van der Waals surface area contributed by atoms with Gasteiger partial charge in [-0.25, -0.2) is 4.79 Å². The van der Waals surface area contributed by atoms with Crippen LogP contribution in [0, 0.1) is 0 Å². The van der Waals surface area contributed by atoms with Gasteiger partial charge in [-0.3, -0.25) is 0 Å². The Morgan fingerprint density at radius 3 is 2.34 bits per heavy atom. The van der Waals surface area contributed by atoms with Gasteiger partial charge in [-0.15, -0.1) is 0 Å². The topological polar surface area (TPSA) is 35.5 Å². The van der Waals surface area contributed by atoms with Crippen LogP contribution >= 0.6 is 15.9 Å². The zero-order valence-electron chi connectivity index (χ0n) is 16.5. The van der Waals surface area contributed by atoms with Gasteiger partial charge in [0.2, 0.25) is 0 Å². The Labute approximate surface area is 180 Å². The predicted octanol–water partition coefficient (Wildman–Crippen LogP) is 7.28. The molecule has 0 saturated carbocycles. The van der Waals surface area contributed by atoms with Crippen LogP contribution in [0.5, 0.6) is 11.5 Å². The highest BCUT2D eigenvalue weighted by molar-refractivity contribution is 9.10. The second-order valence-corrected chi connectivity index (χ2v) is 7.60. The SMILES string of the molecule is CC[C@@H](OC(=O)c1ccc(Br)cc1)/C(C)=C/c1cccc(Oc2ccccc2)c1. The number of carbonyl (C=O) groups excluding carboxylic acids is 1. The third kappa shape index (κ3) is 6.06. The normalized spacial score (nSPS) is 12.3. The number of ether oxygens (including phenoxy) is 2. The van der Waals surface area contributed by atoms with E-state index in [1.807, 2.05) is 86.7 Å². The molecule has 0 fully saturated rings. The van der Waals surface area contributed by atoms with E-state index in [4.69, 9.17) is 9.47 Å². The third-order valence-corrected chi connectivity index (χ3v) is 4.97. The summed E-state index contributed by atoms with van der Waals surface area (Å²) in [4.78, 5) is 12.5. The molecule has 0 spiro atoms. The van der Waals surface area contributed by atoms with E-state index in [2.05, 4.69) is 15.9 Å². The summed E-state index contributed by atoms with van der Waals surface area (Å²) in [5.41, 5.74) is 2.52. The van der Waals surface area contributed by atoms with Crippen LogP contribution in [-0.2, 0) is 4.74 Å². The Morgan fingerprint density at radius 2 is 1.66 bits per heavy atom. The molecule has 3 rings (SSSR count). The van der Waals surface area contributed by atoms with E-state index < -0.39 is 0 Å². The molecule has 29 heavy (non-hydrogen) atoms. The maximum absolute atomic E-state index is 12.5. The molecule has 0 N–H and O–H groups in total. The molecule has 0 radical (unpaired) electrons. The van der Waals surface area contributed by atoms with Gasteiger partial charge in [0, 0.05) is 4.47 Å². The highest BCUT2D eigenvalue weighted by Gasteiger charge is 2.16. The monoisotopic (exact) mass is 450 g/mol. The maximum Gasteiger partial charge on any atom is 0.338 e. The van der Waals surface area contributed by atoms with Gasteiger partial charge in [-0.1, -0.05) is 59.3 Å². The van der Waals surface area contributed by atoms with Crippen LogP contribution < -0.4 is 4.74 Å². The van der Waals surface area contributed by atoms with Crippen LogP contribution in [0.2, 0.25) is 0 Å². The average molecular weight is 451 g/mol. The molecular weight excluding hydrogens is 428 g/mol. The summed E-state index contributed by atoms with van der Waals surface area (Å²) in [6.45, 7) is 3.99. The molecule has 0 aliphatic rings. The number of rotatable bonds is 7. The molecule has 1 atom stereocenters. The highest BCUT2D eigenvalue weighted by atomic mass is 79.9. The van der Waals surface area contributed by atoms with Gasteiger partial charge < -0.3 is 9.47 Å². The van der Waals surface area contributed by atoms with Crippen LogP contribution in [0.1, 0.15) is 36.2 Å². The second kappa shape index (κ2) is 10.1. The second-order valence-electron chi connectivity index (χ2n) is 6.69. The van der Waals surface area contributed by atoms with E-state index in [0.29, 0.717) is 12.0 Å². The van der Waals surface area contributed by atoms with Crippen molar-refractivity contribution in [2.45, 2.75) is 26.4 Å². The lowest BCUT2D eigenvalue weighted by Crippen LogP contribution is -2.18. The Kier molecular flexibility index (Phi) is 7.25. The molecular formula is C25H23BrO3. The quantitative estimate of drug-likeness (QED) is 0.354. The Morgan fingerprint density at radius 1 is 0.966 bits per heavy atom. The molecule has 3 nitrogen and oxygen atoms in total. The smallest absolute Gasteiger partial charge is 0.338 e. The molecule has 0 amide bonds. The van der Waals surface area contributed by atoms with Crippen LogP contribution in [0.4, 0.5) is 0 Å². The number of hydrogen-bond donors (Lipinski definition) is 0. The zero-order valence-corrected chi connectivity index (χ0v) is 18.1. The van der Waals surface area contributed by atoms with Crippen molar-refractivity contribution in [3.8, 4) is 11.5 Å². The molecule has 0 bridgehead atoms. The molecule has 0 aromatic heterocycles. The summed E-state index contributed by atoms with van der Waals surface area (Å²) < 4.78 is 12.6. The van der Waals surface area contributed by atoms with Crippen molar-refractivity contribution in [1.82, 2.24) is 0 Å². The minimum atomic E-state index is -0.321. The Bertz CT molecular complexity index is 978. The lowest BCUT2D eigenvalue weighted by Gasteiger charge is -2.17. The molecule has 4 heteroatoms. The fourth-order valence-electron chi connectivity index (χ4n) is 2.93. The fraction of sp³-hybridized carbons (Fsp3) is 0.160. The number of esters is 1. The van der Waals surface area contributed by atoms with Gasteiger partial charge >= 0.3 is 5.97 Å². The van der Waals surface area contributed by atoms with Crippen molar-refractivity contribution in [1.29, 1.82) is 0 Å². The number of halogens is 1. The summed E-state index contributed by atoms with van der Waals surface area (Å²) >= 11 is 3.37. The van der Waals surface area contributed by atoms with Crippen LogP contribution in [0.3, 0.4) is 0 Å². The molecule has 3 aromatic rings. The fourth-order valence-corrected chi connectivity index (χ4v) is 3.19. The Hall–Kier alpha value is -2.85. The molecule has 0 saturated heterocycles. The number of hydrogen-bond acceptors (Lipinski definition) is 3. The van der Waals surface area contributed by atoms with Crippen molar-refractivity contribution >= 4 is 28.0 Å². The molecule has 0 unspecified atom stereocenters. The van der Waals surface area contributed by atoms with E-state index in [0.717, 1.165) is 27.1 Å². The molecule has 148 valence electrons. The number of para-hydroxylation sites is 1. The summed E-state index contributed by atoms with van der Waals surface area (Å²) in [5.74, 6) is 1.23. The summed E-state index contributed by atoms with van der Waals surface area (Å²) in [6, 6.07) is 24.7. The standard InChI is InChI=1S/C25H23BrO3/c1-3-24(29-25(27)20-12-14-21(26)15-13-20)18(2)16-19-8-7-11-23(17-19)28-22-9-5-4-6-10-22/h4-17,24H,3H2,1-2H3/b18-16+/t24-/m1/s1. The first-order valence-corrected chi connectivity index (χ1v) is 10.3. The minimum absolute atomic E-state index is 0.287. The predicted molar refractivity (Wildman–Crippen MR) is 120 cm³/mol. The Balaban J connectivity index is 1.71.